The van der Waals surface area contributed by atoms with Crippen LogP contribution >= 0.6 is 0 Å². The van der Waals surface area contributed by atoms with Crippen molar-refractivity contribution in [2.75, 3.05) is 13.7 Å². The van der Waals surface area contributed by atoms with Crippen LogP contribution in [-0.2, 0) is 23.7 Å². The van der Waals surface area contributed by atoms with E-state index in [4.69, 9.17) is 18.9 Å². The molecule has 6 nitrogen and oxygen atoms in total. The number of aliphatic hydroxyl groups is 1. The molecule has 3 saturated heterocycles. The van der Waals surface area contributed by atoms with Crippen molar-refractivity contribution in [2.45, 2.75) is 95.9 Å². The predicted octanol–water partition coefficient (Wildman–Crippen LogP) is 2.95. The van der Waals surface area contributed by atoms with E-state index in [1.54, 1.807) is 7.11 Å². The zero-order valence-electron chi connectivity index (χ0n) is 18.7. The molecule has 11 unspecified atom stereocenters. The van der Waals surface area contributed by atoms with Crippen LogP contribution in [-0.4, -0.2) is 60.4 Å². The molecule has 166 valence electrons. The van der Waals surface area contributed by atoms with E-state index in [-0.39, 0.29) is 48.1 Å². The van der Waals surface area contributed by atoms with E-state index >= 15 is 0 Å². The lowest BCUT2D eigenvalue weighted by Crippen LogP contribution is -2.54. The number of hydrogen-bond donors (Lipinski definition) is 1. The molecular formula is C23H38O6. The predicted molar refractivity (Wildman–Crippen MR) is 107 cm³/mol. The molecule has 0 spiro atoms. The van der Waals surface area contributed by atoms with Crippen molar-refractivity contribution in [3.05, 3.63) is 0 Å². The smallest absolute Gasteiger partial charge is 0.302 e. The molecular weight excluding hydrogens is 372 g/mol. The standard InChI is InChI=1S/C23H38O6/c1-12-9-15-13(2)11-27-23(5)8-7-17(26-6)22(4,25)10-16-19(18(15)21(23)29-16)20(12)28-14(3)24/h12-13,15-21,25H,7-11H2,1-6H3. The first kappa shape index (κ1) is 21.5. The fraction of sp³-hybridized carbons (Fsp3) is 0.957. The molecule has 29 heavy (non-hydrogen) atoms. The summed E-state index contributed by atoms with van der Waals surface area (Å²) in [6.07, 6.45) is 2.29. The van der Waals surface area contributed by atoms with Crippen molar-refractivity contribution in [2.24, 2.45) is 29.6 Å². The summed E-state index contributed by atoms with van der Waals surface area (Å²) in [5.74, 6) is 1.27. The van der Waals surface area contributed by atoms with Gasteiger partial charge < -0.3 is 24.1 Å². The maximum Gasteiger partial charge on any atom is 0.302 e. The summed E-state index contributed by atoms with van der Waals surface area (Å²) in [7, 11) is 1.66. The van der Waals surface area contributed by atoms with E-state index in [0.717, 1.165) is 19.3 Å². The second-order valence-corrected chi connectivity index (χ2v) is 10.6. The molecule has 11 atom stereocenters. The van der Waals surface area contributed by atoms with Gasteiger partial charge in [0, 0.05) is 26.4 Å². The molecule has 4 rings (SSSR count). The van der Waals surface area contributed by atoms with Gasteiger partial charge in [-0.15, -0.1) is 0 Å². The van der Waals surface area contributed by atoms with Crippen LogP contribution in [0.25, 0.3) is 0 Å². The molecule has 0 aromatic rings. The molecule has 6 heteroatoms. The summed E-state index contributed by atoms with van der Waals surface area (Å²) in [4.78, 5) is 12.0. The number of methoxy groups -OCH3 is 1. The molecule has 3 aliphatic heterocycles. The van der Waals surface area contributed by atoms with Gasteiger partial charge >= 0.3 is 5.97 Å². The highest BCUT2D eigenvalue weighted by Gasteiger charge is 2.64. The second-order valence-electron chi connectivity index (χ2n) is 10.6. The lowest BCUT2D eigenvalue weighted by Gasteiger charge is -2.47. The molecule has 4 fully saturated rings. The van der Waals surface area contributed by atoms with E-state index in [2.05, 4.69) is 20.8 Å². The van der Waals surface area contributed by atoms with Crippen LogP contribution in [0.2, 0.25) is 0 Å². The molecule has 0 amide bonds. The third-order valence-corrected chi connectivity index (χ3v) is 8.43. The molecule has 1 aliphatic carbocycles. The van der Waals surface area contributed by atoms with Crippen LogP contribution in [0.5, 0.6) is 0 Å². The molecule has 4 aliphatic rings. The Morgan fingerprint density at radius 2 is 1.90 bits per heavy atom. The third kappa shape index (κ3) is 3.54. The first-order valence-corrected chi connectivity index (χ1v) is 11.3. The highest BCUT2D eigenvalue weighted by atomic mass is 16.6. The maximum absolute atomic E-state index is 12.0. The zero-order valence-corrected chi connectivity index (χ0v) is 18.7. The summed E-state index contributed by atoms with van der Waals surface area (Å²) in [6, 6.07) is 0. The number of rotatable bonds is 2. The number of carbonyl (C=O) groups is 1. The zero-order chi connectivity index (χ0) is 21.1. The number of ether oxygens (including phenoxy) is 4. The van der Waals surface area contributed by atoms with E-state index in [9.17, 15) is 9.90 Å². The summed E-state index contributed by atoms with van der Waals surface area (Å²) in [6.45, 7) is 10.7. The van der Waals surface area contributed by atoms with Crippen LogP contribution in [0.1, 0.15) is 60.3 Å². The van der Waals surface area contributed by atoms with Crippen molar-refractivity contribution in [1.82, 2.24) is 0 Å². The minimum atomic E-state index is -1.01. The lowest BCUT2D eigenvalue weighted by molar-refractivity contribution is -0.163. The average molecular weight is 411 g/mol. The van der Waals surface area contributed by atoms with Gasteiger partial charge in [0.25, 0.3) is 0 Å². The molecule has 1 saturated carbocycles. The molecule has 1 N–H and O–H groups in total. The number of fused-ring (bicyclic) bond motifs is 2. The van der Waals surface area contributed by atoms with Gasteiger partial charge in [-0.25, -0.2) is 0 Å². The quantitative estimate of drug-likeness (QED) is 0.706. The van der Waals surface area contributed by atoms with Crippen LogP contribution < -0.4 is 0 Å². The maximum atomic E-state index is 12.0. The van der Waals surface area contributed by atoms with Crippen LogP contribution in [0.15, 0.2) is 0 Å². The Bertz CT molecular complexity index is 635. The van der Waals surface area contributed by atoms with Gasteiger partial charge in [0.05, 0.1) is 36.1 Å². The Hall–Kier alpha value is -0.690. The van der Waals surface area contributed by atoms with Gasteiger partial charge in [0.2, 0.25) is 0 Å². The Morgan fingerprint density at radius 3 is 2.55 bits per heavy atom. The Balaban J connectivity index is 1.80. The van der Waals surface area contributed by atoms with Crippen LogP contribution in [0, 0.1) is 29.6 Å². The summed E-state index contributed by atoms with van der Waals surface area (Å²) >= 11 is 0. The highest BCUT2D eigenvalue weighted by Crippen LogP contribution is 2.58. The normalized spacial score (nSPS) is 54.7. The van der Waals surface area contributed by atoms with Crippen LogP contribution in [0.3, 0.4) is 0 Å². The third-order valence-electron chi connectivity index (χ3n) is 8.43. The summed E-state index contributed by atoms with van der Waals surface area (Å²) < 4.78 is 24.9. The summed E-state index contributed by atoms with van der Waals surface area (Å²) in [5.41, 5.74) is -1.44. The van der Waals surface area contributed by atoms with E-state index in [1.165, 1.54) is 6.92 Å². The SMILES string of the molecule is COC1CCC2(C)OCC(C)C3CC(C)C(OC(C)=O)C4C(CC1(C)O)OC2C34. The van der Waals surface area contributed by atoms with Gasteiger partial charge in [-0.2, -0.15) is 0 Å². The number of esters is 1. The fourth-order valence-electron chi connectivity index (χ4n) is 6.97. The van der Waals surface area contributed by atoms with Gasteiger partial charge in [-0.05, 0) is 56.8 Å². The average Bonchev–Trinajstić information content (AvgIpc) is 2.97. The monoisotopic (exact) mass is 410 g/mol. The molecule has 0 aromatic heterocycles. The van der Waals surface area contributed by atoms with Gasteiger partial charge in [-0.3, -0.25) is 4.79 Å². The summed E-state index contributed by atoms with van der Waals surface area (Å²) in [5, 5.41) is 11.3. The largest absolute Gasteiger partial charge is 0.462 e. The van der Waals surface area contributed by atoms with Gasteiger partial charge in [0.15, 0.2) is 0 Å². The van der Waals surface area contributed by atoms with Crippen molar-refractivity contribution >= 4 is 5.97 Å². The first-order valence-electron chi connectivity index (χ1n) is 11.3. The Kier molecular flexibility index (Phi) is 5.55. The minimum Gasteiger partial charge on any atom is -0.462 e. The topological polar surface area (TPSA) is 74.2 Å². The van der Waals surface area contributed by atoms with Crippen molar-refractivity contribution in [3.63, 3.8) is 0 Å². The van der Waals surface area contributed by atoms with Crippen molar-refractivity contribution in [1.29, 1.82) is 0 Å². The number of hydrogen-bond acceptors (Lipinski definition) is 6. The molecule has 0 radical (unpaired) electrons. The first-order chi connectivity index (χ1) is 13.6. The Labute approximate surface area is 174 Å². The van der Waals surface area contributed by atoms with Crippen molar-refractivity contribution in [3.8, 4) is 0 Å². The lowest BCUT2D eigenvalue weighted by atomic mass is 9.59. The minimum absolute atomic E-state index is 0.0515. The van der Waals surface area contributed by atoms with E-state index in [1.807, 2.05) is 6.92 Å². The Morgan fingerprint density at radius 1 is 1.17 bits per heavy atom. The molecule has 3 heterocycles. The highest BCUT2D eigenvalue weighted by molar-refractivity contribution is 5.66. The van der Waals surface area contributed by atoms with Gasteiger partial charge in [0.1, 0.15) is 6.10 Å². The molecule has 0 aromatic carbocycles. The van der Waals surface area contributed by atoms with Crippen LogP contribution in [0.4, 0.5) is 0 Å². The fourth-order valence-corrected chi connectivity index (χ4v) is 6.97. The number of carbonyl (C=O) groups excluding carboxylic acids is 1. The van der Waals surface area contributed by atoms with Crippen molar-refractivity contribution < 1.29 is 28.8 Å². The van der Waals surface area contributed by atoms with E-state index < -0.39 is 11.2 Å². The van der Waals surface area contributed by atoms with E-state index in [0.29, 0.717) is 24.9 Å². The second kappa shape index (κ2) is 7.47. The van der Waals surface area contributed by atoms with Gasteiger partial charge in [-0.1, -0.05) is 13.8 Å². The molecule has 2 bridgehead atoms.